The number of carbonyl (C=O) groups excluding carboxylic acids is 3. The van der Waals surface area contributed by atoms with Gasteiger partial charge in [-0.2, -0.15) is 5.10 Å². The molecule has 2 aliphatic heterocycles. The summed E-state index contributed by atoms with van der Waals surface area (Å²) in [5.74, 6) is -0.548. The monoisotopic (exact) mass is 407 g/mol. The molecule has 0 N–H and O–H groups in total. The van der Waals surface area contributed by atoms with E-state index in [9.17, 15) is 14.4 Å². The van der Waals surface area contributed by atoms with Crippen molar-refractivity contribution in [2.45, 2.75) is 12.8 Å². The minimum atomic E-state index is -0.549. The van der Waals surface area contributed by atoms with Gasteiger partial charge >= 0.3 is 5.97 Å². The fraction of sp³-hybridized carbons (Fsp3) is 0.273. The van der Waals surface area contributed by atoms with Crippen LogP contribution in [-0.2, 0) is 19.1 Å². The number of hydrazone groups is 1. The van der Waals surface area contributed by atoms with Crippen LogP contribution in [0.3, 0.4) is 0 Å². The summed E-state index contributed by atoms with van der Waals surface area (Å²) in [6.45, 7) is 0.172. The molecule has 8 nitrogen and oxygen atoms in total. The third-order valence-electron chi connectivity index (χ3n) is 4.90. The third-order valence-corrected chi connectivity index (χ3v) is 4.90. The molecule has 2 heterocycles. The molecule has 8 heteroatoms. The Hall–Kier alpha value is -3.68. The van der Waals surface area contributed by atoms with Crippen molar-refractivity contribution in [1.29, 1.82) is 0 Å². The highest BCUT2D eigenvalue weighted by atomic mass is 16.5. The van der Waals surface area contributed by atoms with Crippen molar-refractivity contribution in [3.05, 3.63) is 60.2 Å². The highest BCUT2D eigenvalue weighted by Crippen LogP contribution is 2.31. The van der Waals surface area contributed by atoms with E-state index in [1.165, 1.54) is 9.91 Å². The second-order valence-electron chi connectivity index (χ2n) is 6.89. The molecule has 0 spiro atoms. The molecular weight excluding hydrogens is 386 g/mol. The number of benzene rings is 2. The van der Waals surface area contributed by atoms with Gasteiger partial charge in [-0.05, 0) is 17.7 Å². The summed E-state index contributed by atoms with van der Waals surface area (Å²) in [6.07, 6.45) is 0.633. The molecule has 0 radical (unpaired) electrons. The number of fused-ring (bicyclic) bond motifs is 1. The Kier molecular flexibility index (Phi) is 5.74. The maximum Gasteiger partial charge on any atom is 0.308 e. The first-order valence-electron chi connectivity index (χ1n) is 9.73. The lowest BCUT2D eigenvalue weighted by Gasteiger charge is -2.28. The molecule has 0 saturated carbocycles. The molecule has 0 aromatic heterocycles. The summed E-state index contributed by atoms with van der Waals surface area (Å²) in [4.78, 5) is 38.0. The molecule has 0 unspecified atom stereocenters. The Morgan fingerprint density at radius 3 is 2.67 bits per heavy atom. The van der Waals surface area contributed by atoms with Crippen LogP contribution in [-0.4, -0.2) is 54.8 Å². The topological polar surface area (TPSA) is 88.5 Å². The summed E-state index contributed by atoms with van der Waals surface area (Å²) in [5.41, 5.74) is 2.43. The van der Waals surface area contributed by atoms with Gasteiger partial charge in [0.1, 0.15) is 5.75 Å². The van der Waals surface area contributed by atoms with Gasteiger partial charge in [-0.15, -0.1) is 0 Å². The van der Waals surface area contributed by atoms with E-state index in [1.54, 1.807) is 18.2 Å². The average Bonchev–Trinajstić information content (AvgIpc) is 3.28. The number of rotatable bonds is 6. The molecule has 0 atom stereocenters. The Labute approximate surface area is 173 Å². The van der Waals surface area contributed by atoms with Crippen LogP contribution in [0.5, 0.6) is 5.75 Å². The van der Waals surface area contributed by atoms with Gasteiger partial charge in [-0.25, -0.2) is 5.01 Å². The minimum absolute atomic E-state index is 0.0219. The van der Waals surface area contributed by atoms with E-state index in [-0.39, 0.29) is 38.0 Å². The lowest BCUT2D eigenvalue weighted by molar-refractivity contribution is -0.151. The number of ether oxygens (including phenoxy) is 2. The SMILES string of the molecule is O=C(CCN1C(=O)COc2ccccc21)OCC(=O)N1CCC(c2ccccc2)=N1. The smallest absolute Gasteiger partial charge is 0.308 e. The second kappa shape index (κ2) is 8.77. The van der Waals surface area contributed by atoms with Crippen LogP contribution >= 0.6 is 0 Å². The summed E-state index contributed by atoms with van der Waals surface area (Å²) in [5, 5.41) is 5.66. The van der Waals surface area contributed by atoms with Gasteiger partial charge < -0.3 is 14.4 Å². The Bertz CT molecular complexity index is 989. The van der Waals surface area contributed by atoms with Gasteiger partial charge in [0.15, 0.2) is 13.2 Å². The van der Waals surface area contributed by atoms with E-state index in [2.05, 4.69) is 5.10 Å². The minimum Gasteiger partial charge on any atom is -0.482 e. The third kappa shape index (κ3) is 4.32. The predicted octanol–water partition coefficient (Wildman–Crippen LogP) is 1.98. The summed E-state index contributed by atoms with van der Waals surface area (Å²) in [6, 6.07) is 16.8. The van der Waals surface area contributed by atoms with E-state index in [4.69, 9.17) is 9.47 Å². The fourth-order valence-corrected chi connectivity index (χ4v) is 3.36. The van der Waals surface area contributed by atoms with Crippen molar-refractivity contribution in [1.82, 2.24) is 5.01 Å². The lowest BCUT2D eigenvalue weighted by Crippen LogP contribution is -2.40. The van der Waals surface area contributed by atoms with Crippen molar-refractivity contribution < 1.29 is 23.9 Å². The number of nitrogens with zero attached hydrogens (tertiary/aromatic N) is 3. The molecule has 4 rings (SSSR count). The van der Waals surface area contributed by atoms with Gasteiger partial charge in [0, 0.05) is 13.0 Å². The van der Waals surface area contributed by atoms with Crippen molar-refractivity contribution >= 4 is 29.2 Å². The van der Waals surface area contributed by atoms with Gasteiger partial charge in [-0.3, -0.25) is 14.4 Å². The second-order valence-corrected chi connectivity index (χ2v) is 6.89. The van der Waals surface area contributed by atoms with Crippen LogP contribution in [0, 0.1) is 0 Å². The highest BCUT2D eigenvalue weighted by molar-refractivity contribution is 6.02. The number of carbonyl (C=O) groups is 3. The molecule has 0 fully saturated rings. The summed E-state index contributed by atoms with van der Waals surface area (Å²) >= 11 is 0. The predicted molar refractivity (Wildman–Crippen MR) is 109 cm³/mol. The molecule has 2 amide bonds. The largest absolute Gasteiger partial charge is 0.482 e. The normalized spacial score (nSPS) is 15.3. The van der Waals surface area contributed by atoms with Gasteiger partial charge in [0.25, 0.3) is 11.8 Å². The molecule has 0 saturated heterocycles. The molecule has 30 heavy (non-hydrogen) atoms. The first kappa shape index (κ1) is 19.6. The molecular formula is C22H21N3O5. The zero-order valence-electron chi connectivity index (χ0n) is 16.3. The zero-order chi connectivity index (χ0) is 20.9. The van der Waals surface area contributed by atoms with Crippen LogP contribution in [0.25, 0.3) is 0 Å². The first-order chi connectivity index (χ1) is 14.6. The van der Waals surface area contributed by atoms with Gasteiger partial charge in [-0.1, -0.05) is 42.5 Å². The van der Waals surface area contributed by atoms with Gasteiger partial charge in [0.05, 0.1) is 24.4 Å². The standard InChI is InChI=1S/C22H21N3O5/c26-20-14-29-19-9-5-4-8-18(19)24(20)12-11-22(28)30-15-21(27)25-13-10-17(23-25)16-6-2-1-3-7-16/h1-9H,10-15H2. The van der Waals surface area contributed by atoms with Crippen LogP contribution < -0.4 is 9.64 Å². The number of hydrogen-bond acceptors (Lipinski definition) is 6. The van der Waals surface area contributed by atoms with E-state index in [1.807, 2.05) is 36.4 Å². The van der Waals surface area contributed by atoms with Crippen LogP contribution in [0.4, 0.5) is 5.69 Å². The summed E-state index contributed by atoms with van der Waals surface area (Å²) in [7, 11) is 0. The Morgan fingerprint density at radius 1 is 1.07 bits per heavy atom. The van der Waals surface area contributed by atoms with E-state index < -0.39 is 5.97 Å². The fourth-order valence-electron chi connectivity index (χ4n) is 3.36. The molecule has 2 aromatic carbocycles. The van der Waals surface area contributed by atoms with Crippen LogP contribution in [0.1, 0.15) is 18.4 Å². The van der Waals surface area contributed by atoms with Crippen LogP contribution in [0.15, 0.2) is 59.7 Å². The molecule has 2 aliphatic rings. The first-order valence-corrected chi connectivity index (χ1v) is 9.73. The number of esters is 1. The maximum absolute atomic E-state index is 12.3. The van der Waals surface area contributed by atoms with Crippen molar-refractivity contribution in [2.75, 3.05) is 31.2 Å². The Morgan fingerprint density at radius 2 is 1.83 bits per heavy atom. The lowest BCUT2D eigenvalue weighted by atomic mass is 10.1. The number of hydrogen-bond donors (Lipinski definition) is 0. The van der Waals surface area contributed by atoms with Crippen LogP contribution in [0.2, 0.25) is 0 Å². The molecule has 0 aliphatic carbocycles. The number of para-hydroxylation sites is 2. The van der Waals surface area contributed by atoms with Crippen molar-refractivity contribution in [3.63, 3.8) is 0 Å². The van der Waals surface area contributed by atoms with E-state index in [0.717, 1.165) is 11.3 Å². The average molecular weight is 407 g/mol. The molecule has 0 bridgehead atoms. The van der Waals surface area contributed by atoms with Crippen molar-refractivity contribution in [2.24, 2.45) is 5.10 Å². The van der Waals surface area contributed by atoms with E-state index >= 15 is 0 Å². The molecule has 154 valence electrons. The summed E-state index contributed by atoms with van der Waals surface area (Å²) < 4.78 is 10.5. The number of anilines is 1. The zero-order valence-corrected chi connectivity index (χ0v) is 16.3. The van der Waals surface area contributed by atoms with E-state index in [0.29, 0.717) is 24.4 Å². The quantitative estimate of drug-likeness (QED) is 0.684. The highest BCUT2D eigenvalue weighted by Gasteiger charge is 2.26. The molecule has 2 aromatic rings. The Balaban J connectivity index is 1.27. The van der Waals surface area contributed by atoms with Crippen molar-refractivity contribution in [3.8, 4) is 5.75 Å². The van der Waals surface area contributed by atoms with Gasteiger partial charge in [0.2, 0.25) is 0 Å². The number of amides is 2. The maximum atomic E-state index is 12.3.